The fourth-order valence-corrected chi connectivity index (χ4v) is 2.93. The number of anilines is 1. The molecule has 0 radical (unpaired) electrons. The number of phenolic OH excluding ortho intramolecular Hbond substituents is 1. The molecule has 24 heavy (non-hydrogen) atoms. The van der Waals surface area contributed by atoms with Gasteiger partial charge >= 0.3 is 0 Å². The number of benzene rings is 2. The van der Waals surface area contributed by atoms with Crippen molar-refractivity contribution in [3.8, 4) is 5.75 Å². The molecular formula is C18H14ClNO4. The Labute approximate surface area is 143 Å². The highest BCUT2D eigenvalue weighted by Gasteiger charge is 2.43. The summed E-state index contributed by atoms with van der Waals surface area (Å²) in [5, 5.41) is 20.2. The Morgan fingerprint density at radius 2 is 1.62 bits per heavy atom. The smallest absolute Gasteiger partial charge is 0.294 e. The van der Waals surface area contributed by atoms with Gasteiger partial charge in [-0.2, -0.15) is 0 Å². The van der Waals surface area contributed by atoms with Gasteiger partial charge in [0.25, 0.3) is 5.91 Å². The fourth-order valence-electron chi connectivity index (χ4n) is 2.80. The first kappa shape index (κ1) is 16.1. The van der Waals surface area contributed by atoms with Crippen molar-refractivity contribution < 1.29 is 19.8 Å². The molecule has 6 heteroatoms. The van der Waals surface area contributed by atoms with Crippen LogP contribution in [0.15, 0.2) is 59.9 Å². The molecule has 0 spiro atoms. The molecule has 5 nitrogen and oxygen atoms in total. The maximum absolute atomic E-state index is 12.5. The summed E-state index contributed by atoms with van der Waals surface area (Å²) in [6.45, 7) is 1.31. The third kappa shape index (κ3) is 2.63. The SMILES string of the molecule is CC(=O)C1=C(O)C(=O)N(c2ccc(O)cc2)[C@H]1c1ccc(Cl)cc1. The van der Waals surface area contributed by atoms with Crippen LogP contribution in [0.2, 0.25) is 5.02 Å². The van der Waals surface area contributed by atoms with E-state index in [-0.39, 0.29) is 17.1 Å². The number of aliphatic hydroxyl groups excluding tert-OH is 1. The average Bonchev–Trinajstić information content (AvgIpc) is 2.81. The number of Topliss-reactive ketones (excluding diaryl/α,β-unsaturated/α-hetero) is 1. The summed E-state index contributed by atoms with van der Waals surface area (Å²) in [7, 11) is 0. The fraction of sp³-hybridized carbons (Fsp3) is 0.111. The maximum atomic E-state index is 12.5. The number of aliphatic hydroxyl groups is 1. The van der Waals surface area contributed by atoms with E-state index in [0.29, 0.717) is 16.3 Å². The van der Waals surface area contributed by atoms with Crippen LogP contribution >= 0.6 is 11.6 Å². The first-order valence-electron chi connectivity index (χ1n) is 7.22. The Hall–Kier alpha value is -2.79. The van der Waals surface area contributed by atoms with E-state index in [1.165, 1.54) is 24.0 Å². The number of rotatable bonds is 3. The van der Waals surface area contributed by atoms with Gasteiger partial charge in [-0.05, 0) is 48.9 Å². The van der Waals surface area contributed by atoms with Crippen LogP contribution in [0.4, 0.5) is 5.69 Å². The van der Waals surface area contributed by atoms with E-state index in [0.717, 1.165) is 0 Å². The third-order valence-corrected chi connectivity index (χ3v) is 4.15. The van der Waals surface area contributed by atoms with Crippen molar-refractivity contribution in [3.63, 3.8) is 0 Å². The summed E-state index contributed by atoms with van der Waals surface area (Å²) < 4.78 is 0. The number of ketones is 1. The van der Waals surface area contributed by atoms with Crippen LogP contribution in [-0.2, 0) is 9.59 Å². The standard InChI is InChI=1S/C18H14ClNO4/c1-10(21)15-16(11-2-4-12(19)5-3-11)20(18(24)17(15)23)13-6-8-14(22)9-7-13/h2-9,16,22-23H,1H3/t16-/m0/s1. The summed E-state index contributed by atoms with van der Waals surface area (Å²) in [6.07, 6.45) is 0. The van der Waals surface area contributed by atoms with Crippen molar-refractivity contribution in [1.29, 1.82) is 0 Å². The quantitative estimate of drug-likeness (QED) is 0.893. The molecule has 1 aliphatic rings. The molecule has 0 saturated carbocycles. The van der Waals surface area contributed by atoms with Crippen molar-refractivity contribution >= 4 is 29.0 Å². The summed E-state index contributed by atoms with van der Waals surface area (Å²) in [6, 6.07) is 11.9. The van der Waals surface area contributed by atoms with Gasteiger partial charge in [-0.3, -0.25) is 14.5 Å². The topological polar surface area (TPSA) is 77.8 Å². The van der Waals surface area contributed by atoms with Crippen LogP contribution in [0.3, 0.4) is 0 Å². The molecule has 0 unspecified atom stereocenters. The van der Waals surface area contributed by atoms with E-state index < -0.39 is 17.7 Å². The number of aromatic hydroxyl groups is 1. The number of nitrogens with zero attached hydrogens (tertiary/aromatic N) is 1. The minimum absolute atomic E-state index is 0.0374. The third-order valence-electron chi connectivity index (χ3n) is 3.90. The minimum Gasteiger partial charge on any atom is -0.508 e. The number of halogens is 1. The van der Waals surface area contributed by atoms with Crippen LogP contribution in [0.5, 0.6) is 5.75 Å². The molecule has 1 amide bonds. The van der Waals surface area contributed by atoms with Gasteiger partial charge in [0.05, 0.1) is 11.6 Å². The molecule has 1 atom stereocenters. The Morgan fingerprint density at radius 1 is 1.04 bits per heavy atom. The average molecular weight is 344 g/mol. The van der Waals surface area contributed by atoms with Gasteiger partial charge < -0.3 is 10.2 Å². The predicted octanol–water partition coefficient (Wildman–Crippen LogP) is 3.53. The number of hydrogen-bond donors (Lipinski definition) is 2. The molecule has 0 aliphatic carbocycles. The molecule has 122 valence electrons. The van der Waals surface area contributed by atoms with E-state index in [1.807, 2.05) is 0 Å². The van der Waals surface area contributed by atoms with Crippen molar-refractivity contribution in [2.45, 2.75) is 13.0 Å². The lowest BCUT2D eigenvalue weighted by molar-refractivity contribution is -0.117. The van der Waals surface area contributed by atoms with E-state index in [2.05, 4.69) is 0 Å². The number of phenols is 1. The first-order chi connectivity index (χ1) is 11.4. The van der Waals surface area contributed by atoms with E-state index in [4.69, 9.17) is 11.6 Å². The van der Waals surface area contributed by atoms with Crippen LogP contribution in [-0.4, -0.2) is 21.9 Å². The second kappa shape index (κ2) is 6.02. The normalized spacial score (nSPS) is 17.5. The van der Waals surface area contributed by atoms with Gasteiger partial charge in [-0.25, -0.2) is 0 Å². The molecule has 0 bridgehead atoms. The summed E-state index contributed by atoms with van der Waals surface area (Å²) in [5.74, 6) is -1.55. The van der Waals surface area contributed by atoms with Crippen LogP contribution in [0.25, 0.3) is 0 Å². The van der Waals surface area contributed by atoms with Gasteiger partial charge in [0.1, 0.15) is 5.75 Å². The van der Waals surface area contributed by atoms with Gasteiger partial charge in [0.15, 0.2) is 11.5 Å². The number of amides is 1. The Balaban J connectivity index is 2.16. The van der Waals surface area contributed by atoms with Crippen LogP contribution < -0.4 is 4.90 Å². The van der Waals surface area contributed by atoms with E-state index in [1.54, 1.807) is 36.4 Å². The molecule has 2 aromatic rings. The second-order valence-electron chi connectivity index (χ2n) is 5.46. The zero-order chi connectivity index (χ0) is 17.4. The van der Waals surface area contributed by atoms with E-state index >= 15 is 0 Å². The molecular weight excluding hydrogens is 330 g/mol. The number of hydrogen-bond acceptors (Lipinski definition) is 4. The summed E-state index contributed by atoms with van der Waals surface area (Å²) in [4.78, 5) is 25.9. The van der Waals surface area contributed by atoms with Gasteiger partial charge in [-0.1, -0.05) is 23.7 Å². The van der Waals surface area contributed by atoms with Crippen LogP contribution in [0, 0.1) is 0 Å². The van der Waals surface area contributed by atoms with Gasteiger partial charge in [0, 0.05) is 10.7 Å². The number of carbonyl (C=O) groups excluding carboxylic acids is 2. The molecule has 2 aromatic carbocycles. The maximum Gasteiger partial charge on any atom is 0.294 e. The molecule has 2 N–H and O–H groups in total. The molecule has 1 heterocycles. The van der Waals surface area contributed by atoms with Gasteiger partial charge in [0.2, 0.25) is 0 Å². The Morgan fingerprint density at radius 3 is 2.17 bits per heavy atom. The van der Waals surface area contributed by atoms with Crippen LogP contribution in [0.1, 0.15) is 18.5 Å². The van der Waals surface area contributed by atoms with E-state index in [9.17, 15) is 19.8 Å². The zero-order valence-electron chi connectivity index (χ0n) is 12.7. The molecule has 0 fully saturated rings. The highest BCUT2D eigenvalue weighted by Crippen LogP contribution is 2.41. The van der Waals surface area contributed by atoms with Crippen molar-refractivity contribution in [2.75, 3.05) is 4.90 Å². The lowest BCUT2D eigenvalue weighted by Crippen LogP contribution is -2.30. The molecule has 0 aromatic heterocycles. The van der Waals surface area contributed by atoms with Gasteiger partial charge in [-0.15, -0.1) is 0 Å². The van der Waals surface area contributed by atoms with Crippen molar-refractivity contribution in [3.05, 3.63) is 70.4 Å². The summed E-state index contributed by atoms with van der Waals surface area (Å²) >= 11 is 5.91. The lowest BCUT2D eigenvalue weighted by Gasteiger charge is -2.26. The second-order valence-corrected chi connectivity index (χ2v) is 5.90. The van der Waals surface area contributed by atoms with Crippen molar-refractivity contribution in [1.82, 2.24) is 0 Å². The number of carbonyl (C=O) groups is 2. The highest BCUT2D eigenvalue weighted by molar-refractivity contribution is 6.30. The minimum atomic E-state index is -0.753. The predicted molar refractivity (Wildman–Crippen MR) is 90.1 cm³/mol. The molecule has 0 saturated heterocycles. The zero-order valence-corrected chi connectivity index (χ0v) is 13.5. The lowest BCUT2D eigenvalue weighted by atomic mass is 9.96. The largest absolute Gasteiger partial charge is 0.508 e. The first-order valence-corrected chi connectivity index (χ1v) is 7.60. The highest BCUT2D eigenvalue weighted by atomic mass is 35.5. The Kier molecular flexibility index (Phi) is 4.03. The molecule has 1 aliphatic heterocycles. The monoisotopic (exact) mass is 343 g/mol. The Bertz CT molecular complexity index is 840. The summed E-state index contributed by atoms with van der Waals surface area (Å²) in [5.41, 5.74) is 1.14. The molecule has 3 rings (SSSR count). The van der Waals surface area contributed by atoms with Crippen molar-refractivity contribution in [2.24, 2.45) is 0 Å².